The van der Waals surface area contributed by atoms with E-state index in [1.807, 2.05) is 0 Å². The number of aromatic nitrogens is 2. The normalized spacial score (nSPS) is 17.2. The van der Waals surface area contributed by atoms with Gasteiger partial charge in [0.1, 0.15) is 5.82 Å². The lowest BCUT2D eigenvalue weighted by Crippen LogP contribution is -2.20. The van der Waals surface area contributed by atoms with E-state index in [4.69, 9.17) is 0 Å². The summed E-state index contributed by atoms with van der Waals surface area (Å²) >= 11 is 2.13. The molecule has 1 aromatic heterocycles. The van der Waals surface area contributed by atoms with Crippen LogP contribution in [0.2, 0.25) is 0 Å². The molecule has 1 aliphatic carbocycles. The van der Waals surface area contributed by atoms with Gasteiger partial charge >= 0.3 is 0 Å². The average Bonchev–Trinajstić information content (AvgIpc) is 2.74. The molecule has 0 amide bonds. The van der Waals surface area contributed by atoms with Crippen molar-refractivity contribution >= 4 is 22.6 Å². The van der Waals surface area contributed by atoms with Crippen LogP contribution in [0.1, 0.15) is 62.9 Å². The third-order valence-electron chi connectivity index (χ3n) is 3.20. The Morgan fingerprint density at radius 1 is 1.38 bits per heavy atom. The van der Waals surface area contributed by atoms with Crippen LogP contribution in [0.4, 0.5) is 0 Å². The fraction of sp³-hybridized carbons (Fsp3) is 0.667. The maximum atomic E-state index is 11.8. The highest BCUT2D eigenvalue weighted by Crippen LogP contribution is 2.34. The topological polar surface area (TPSA) is 45.8 Å². The molecule has 0 aromatic carbocycles. The average molecular weight is 332 g/mol. The standard InChI is InChI=1S/C12H17IN2O/c1-7(2)11-14-10(8-5-3-4-6-8)9(13)12(16)15-11/h7-8H,3-6H2,1-2H3,(H,14,15,16). The van der Waals surface area contributed by atoms with Crippen LogP contribution in [-0.4, -0.2) is 9.97 Å². The van der Waals surface area contributed by atoms with Gasteiger partial charge in [-0.25, -0.2) is 4.98 Å². The number of hydrogen-bond acceptors (Lipinski definition) is 2. The van der Waals surface area contributed by atoms with Crippen LogP contribution in [-0.2, 0) is 0 Å². The molecule has 0 unspecified atom stereocenters. The van der Waals surface area contributed by atoms with E-state index in [9.17, 15) is 4.79 Å². The first kappa shape index (κ1) is 12.1. The third-order valence-corrected chi connectivity index (χ3v) is 4.24. The van der Waals surface area contributed by atoms with Gasteiger partial charge in [-0.15, -0.1) is 0 Å². The molecule has 0 aliphatic heterocycles. The Labute approximate surface area is 109 Å². The van der Waals surface area contributed by atoms with Crippen molar-refractivity contribution < 1.29 is 0 Å². The van der Waals surface area contributed by atoms with Gasteiger partial charge in [-0.2, -0.15) is 0 Å². The molecule has 4 heteroatoms. The number of nitrogens with one attached hydrogen (secondary N) is 1. The van der Waals surface area contributed by atoms with E-state index in [1.165, 1.54) is 25.7 Å². The summed E-state index contributed by atoms with van der Waals surface area (Å²) in [5, 5.41) is 0. The van der Waals surface area contributed by atoms with E-state index in [-0.39, 0.29) is 11.5 Å². The summed E-state index contributed by atoms with van der Waals surface area (Å²) in [6.45, 7) is 4.12. The highest BCUT2D eigenvalue weighted by Gasteiger charge is 2.23. The van der Waals surface area contributed by atoms with Gasteiger partial charge in [0.2, 0.25) is 0 Å². The van der Waals surface area contributed by atoms with Crippen LogP contribution in [0.5, 0.6) is 0 Å². The molecule has 0 radical (unpaired) electrons. The summed E-state index contributed by atoms with van der Waals surface area (Å²) in [6, 6.07) is 0. The molecule has 1 saturated carbocycles. The first-order chi connectivity index (χ1) is 7.59. The lowest BCUT2D eigenvalue weighted by Gasteiger charge is -2.13. The second kappa shape index (κ2) is 4.85. The van der Waals surface area contributed by atoms with Crippen LogP contribution in [0, 0.1) is 3.57 Å². The van der Waals surface area contributed by atoms with Gasteiger partial charge in [-0.1, -0.05) is 26.7 Å². The van der Waals surface area contributed by atoms with Crippen molar-refractivity contribution in [2.75, 3.05) is 0 Å². The maximum absolute atomic E-state index is 11.8. The smallest absolute Gasteiger partial charge is 0.264 e. The Morgan fingerprint density at radius 3 is 2.56 bits per heavy atom. The molecule has 1 aromatic rings. The Kier molecular flexibility index (Phi) is 3.66. The summed E-state index contributed by atoms with van der Waals surface area (Å²) in [5.74, 6) is 1.61. The van der Waals surface area contributed by atoms with E-state index in [2.05, 4.69) is 46.4 Å². The van der Waals surface area contributed by atoms with Gasteiger partial charge in [-0.05, 0) is 35.4 Å². The summed E-state index contributed by atoms with van der Waals surface area (Å²) < 4.78 is 0.786. The van der Waals surface area contributed by atoms with E-state index < -0.39 is 0 Å². The summed E-state index contributed by atoms with van der Waals surface area (Å²) in [7, 11) is 0. The zero-order chi connectivity index (χ0) is 11.7. The summed E-state index contributed by atoms with van der Waals surface area (Å²) in [4.78, 5) is 19.3. The Balaban J connectivity index is 2.46. The second-order valence-corrected chi connectivity index (χ2v) is 5.87. The van der Waals surface area contributed by atoms with Crippen LogP contribution in [0.15, 0.2) is 4.79 Å². The van der Waals surface area contributed by atoms with Gasteiger partial charge in [-0.3, -0.25) is 4.79 Å². The molecule has 16 heavy (non-hydrogen) atoms. The fourth-order valence-corrected chi connectivity index (χ4v) is 2.93. The lowest BCUT2D eigenvalue weighted by atomic mass is 10.0. The van der Waals surface area contributed by atoms with Gasteiger partial charge in [0, 0.05) is 11.8 Å². The lowest BCUT2D eigenvalue weighted by molar-refractivity contribution is 0.659. The predicted octanol–water partition coefficient (Wildman–Crippen LogP) is 3.16. The number of rotatable bonds is 2. The minimum Gasteiger partial charge on any atom is -0.309 e. The second-order valence-electron chi connectivity index (χ2n) is 4.79. The molecular formula is C12H17IN2O. The molecule has 88 valence electrons. The molecule has 1 heterocycles. The van der Waals surface area contributed by atoms with Gasteiger partial charge in [0.15, 0.2) is 0 Å². The highest BCUT2D eigenvalue weighted by atomic mass is 127. The summed E-state index contributed by atoms with van der Waals surface area (Å²) in [6.07, 6.45) is 4.91. The Bertz CT molecular complexity index is 433. The van der Waals surface area contributed by atoms with Gasteiger partial charge < -0.3 is 4.98 Å². The van der Waals surface area contributed by atoms with Crippen LogP contribution in [0.25, 0.3) is 0 Å². The molecule has 2 rings (SSSR count). The molecule has 0 saturated heterocycles. The van der Waals surface area contributed by atoms with Crippen molar-refractivity contribution in [3.63, 3.8) is 0 Å². The SMILES string of the molecule is CC(C)c1nc(C2CCCC2)c(I)c(=O)[nH]1. The molecule has 0 atom stereocenters. The zero-order valence-corrected chi connectivity index (χ0v) is 11.9. The van der Waals surface area contributed by atoms with Crippen molar-refractivity contribution in [3.8, 4) is 0 Å². The fourth-order valence-electron chi connectivity index (χ4n) is 2.24. The van der Waals surface area contributed by atoms with E-state index in [1.54, 1.807) is 0 Å². The van der Waals surface area contributed by atoms with Crippen molar-refractivity contribution in [1.82, 2.24) is 9.97 Å². The van der Waals surface area contributed by atoms with E-state index in [0.29, 0.717) is 5.92 Å². The maximum Gasteiger partial charge on any atom is 0.264 e. The van der Waals surface area contributed by atoms with Crippen molar-refractivity contribution in [3.05, 3.63) is 25.4 Å². The van der Waals surface area contributed by atoms with Crippen LogP contribution < -0.4 is 5.56 Å². The molecule has 1 aliphatic rings. The number of aromatic amines is 1. The highest BCUT2D eigenvalue weighted by molar-refractivity contribution is 14.1. The first-order valence-corrected chi connectivity index (χ1v) is 6.97. The Morgan fingerprint density at radius 2 is 2.00 bits per heavy atom. The molecular weight excluding hydrogens is 315 g/mol. The zero-order valence-electron chi connectivity index (χ0n) is 9.72. The third kappa shape index (κ3) is 2.31. The van der Waals surface area contributed by atoms with Gasteiger partial charge in [0.25, 0.3) is 5.56 Å². The largest absolute Gasteiger partial charge is 0.309 e. The number of nitrogens with zero attached hydrogens (tertiary/aromatic N) is 1. The molecule has 3 nitrogen and oxygen atoms in total. The first-order valence-electron chi connectivity index (χ1n) is 5.89. The molecule has 1 N–H and O–H groups in total. The Hall–Kier alpha value is -0.390. The van der Waals surface area contributed by atoms with E-state index in [0.717, 1.165) is 15.1 Å². The minimum atomic E-state index is 0.0289. The molecule has 0 spiro atoms. The molecule has 0 bridgehead atoms. The van der Waals surface area contributed by atoms with Crippen molar-refractivity contribution in [2.24, 2.45) is 0 Å². The quantitative estimate of drug-likeness (QED) is 0.846. The number of H-pyrrole nitrogens is 1. The monoisotopic (exact) mass is 332 g/mol. The van der Waals surface area contributed by atoms with Crippen LogP contribution in [0.3, 0.4) is 0 Å². The van der Waals surface area contributed by atoms with E-state index >= 15 is 0 Å². The number of halogens is 1. The summed E-state index contributed by atoms with van der Waals surface area (Å²) in [5.41, 5.74) is 1.06. The minimum absolute atomic E-state index is 0.0289. The van der Waals surface area contributed by atoms with Gasteiger partial charge in [0.05, 0.1) is 9.26 Å². The van der Waals surface area contributed by atoms with Crippen LogP contribution >= 0.6 is 22.6 Å². The predicted molar refractivity (Wildman–Crippen MR) is 72.9 cm³/mol. The van der Waals surface area contributed by atoms with Crippen molar-refractivity contribution in [1.29, 1.82) is 0 Å². The number of hydrogen-bond donors (Lipinski definition) is 1. The van der Waals surface area contributed by atoms with Crippen molar-refractivity contribution in [2.45, 2.75) is 51.4 Å². The molecule has 1 fully saturated rings.